The molecule has 0 aliphatic heterocycles. The van der Waals surface area contributed by atoms with E-state index in [0.29, 0.717) is 24.5 Å². The third-order valence-corrected chi connectivity index (χ3v) is 4.24. The average Bonchev–Trinajstić information content (AvgIpc) is 2.64. The third-order valence-electron chi connectivity index (χ3n) is 3.55. The minimum absolute atomic E-state index is 0.0790. The topological polar surface area (TPSA) is 66.9 Å². The maximum atomic E-state index is 12.0. The van der Waals surface area contributed by atoms with Gasteiger partial charge >= 0.3 is 0 Å². The molecule has 0 bridgehead atoms. The average molecular weight is 397 g/mol. The van der Waals surface area contributed by atoms with Crippen LogP contribution in [0, 0.1) is 0 Å². The van der Waals surface area contributed by atoms with Crippen LogP contribution in [0.1, 0.15) is 12.0 Å². The van der Waals surface area contributed by atoms with Crippen LogP contribution in [0.4, 0.5) is 17.3 Å². The highest BCUT2D eigenvalue weighted by Gasteiger charge is 2.06. The predicted octanol–water partition coefficient (Wildman–Crippen LogP) is 4.55. The van der Waals surface area contributed by atoms with Crippen molar-refractivity contribution in [2.24, 2.45) is 0 Å². The standard InChI is InChI=1S/C19H17BrN4O/c20-15-8-4-5-9-16(15)21-17-11-12-18(24-23-17)22-19(25)13-10-14-6-2-1-3-7-14/h1-9,11-12H,10,13H2,(H,21,23)(H,22,24,25). The summed E-state index contributed by atoms with van der Waals surface area (Å²) in [7, 11) is 0. The Morgan fingerprint density at radius 2 is 1.56 bits per heavy atom. The van der Waals surface area contributed by atoms with Crippen LogP contribution >= 0.6 is 15.9 Å². The number of amides is 1. The fraction of sp³-hybridized carbons (Fsp3) is 0.105. The van der Waals surface area contributed by atoms with Gasteiger partial charge in [-0.25, -0.2) is 0 Å². The number of anilines is 3. The van der Waals surface area contributed by atoms with Crippen molar-refractivity contribution in [3.8, 4) is 0 Å². The van der Waals surface area contributed by atoms with Gasteiger partial charge in [-0.2, -0.15) is 0 Å². The zero-order valence-corrected chi connectivity index (χ0v) is 15.0. The molecule has 126 valence electrons. The molecule has 2 N–H and O–H groups in total. The lowest BCUT2D eigenvalue weighted by Crippen LogP contribution is -2.14. The van der Waals surface area contributed by atoms with Crippen LogP contribution in [0.15, 0.2) is 71.2 Å². The molecule has 0 saturated heterocycles. The van der Waals surface area contributed by atoms with E-state index in [1.54, 1.807) is 12.1 Å². The Bertz CT molecular complexity index is 838. The zero-order chi connectivity index (χ0) is 17.5. The molecule has 25 heavy (non-hydrogen) atoms. The second-order valence-electron chi connectivity index (χ2n) is 5.44. The van der Waals surface area contributed by atoms with Gasteiger partial charge in [0.25, 0.3) is 0 Å². The summed E-state index contributed by atoms with van der Waals surface area (Å²) in [5, 5.41) is 14.1. The van der Waals surface area contributed by atoms with Crippen molar-refractivity contribution in [1.29, 1.82) is 0 Å². The van der Waals surface area contributed by atoms with Gasteiger partial charge in [-0.3, -0.25) is 4.79 Å². The summed E-state index contributed by atoms with van der Waals surface area (Å²) in [5.74, 6) is 0.967. The van der Waals surface area contributed by atoms with E-state index in [1.165, 1.54) is 0 Å². The summed E-state index contributed by atoms with van der Waals surface area (Å²) >= 11 is 3.47. The van der Waals surface area contributed by atoms with Crippen LogP contribution in [-0.4, -0.2) is 16.1 Å². The highest BCUT2D eigenvalue weighted by atomic mass is 79.9. The number of carbonyl (C=O) groups excluding carboxylic acids is 1. The van der Waals surface area contributed by atoms with Crippen molar-refractivity contribution < 1.29 is 4.79 Å². The fourth-order valence-electron chi connectivity index (χ4n) is 2.27. The summed E-state index contributed by atoms with van der Waals surface area (Å²) in [6, 6.07) is 21.2. The van der Waals surface area contributed by atoms with Crippen molar-refractivity contribution in [3.63, 3.8) is 0 Å². The van der Waals surface area contributed by atoms with Crippen molar-refractivity contribution in [1.82, 2.24) is 10.2 Å². The van der Waals surface area contributed by atoms with Gasteiger partial charge in [0.05, 0.1) is 5.69 Å². The lowest BCUT2D eigenvalue weighted by Gasteiger charge is -2.08. The predicted molar refractivity (Wildman–Crippen MR) is 103 cm³/mol. The van der Waals surface area contributed by atoms with Crippen LogP contribution in [-0.2, 0) is 11.2 Å². The van der Waals surface area contributed by atoms with Gasteiger partial charge < -0.3 is 10.6 Å². The summed E-state index contributed by atoms with van der Waals surface area (Å²) in [4.78, 5) is 12.0. The van der Waals surface area contributed by atoms with Crippen molar-refractivity contribution in [2.45, 2.75) is 12.8 Å². The second kappa shape index (κ2) is 8.39. The van der Waals surface area contributed by atoms with Crippen LogP contribution in [0.3, 0.4) is 0 Å². The van der Waals surface area contributed by atoms with E-state index in [2.05, 4.69) is 36.8 Å². The molecule has 0 radical (unpaired) electrons. The van der Waals surface area contributed by atoms with E-state index in [0.717, 1.165) is 15.7 Å². The molecule has 0 saturated carbocycles. The molecule has 0 spiro atoms. The van der Waals surface area contributed by atoms with Gasteiger partial charge in [0.1, 0.15) is 0 Å². The van der Waals surface area contributed by atoms with Crippen molar-refractivity contribution >= 4 is 39.2 Å². The van der Waals surface area contributed by atoms with Crippen LogP contribution < -0.4 is 10.6 Å². The molecule has 0 unspecified atom stereocenters. The lowest BCUT2D eigenvalue weighted by molar-refractivity contribution is -0.116. The number of aromatic nitrogens is 2. The van der Waals surface area contributed by atoms with Crippen molar-refractivity contribution in [3.05, 3.63) is 76.8 Å². The molecule has 1 aromatic heterocycles. The van der Waals surface area contributed by atoms with Gasteiger partial charge in [0, 0.05) is 10.9 Å². The Morgan fingerprint density at radius 1 is 0.880 bits per heavy atom. The molecule has 1 amide bonds. The van der Waals surface area contributed by atoms with E-state index >= 15 is 0 Å². The molecule has 5 nitrogen and oxygen atoms in total. The van der Waals surface area contributed by atoms with E-state index < -0.39 is 0 Å². The molecular formula is C19H17BrN4O. The Balaban J connectivity index is 1.53. The quantitative estimate of drug-likeness (QED) is 0.640. The second-order valence-corrected chi connectivity index (χ2v) is 6.30. The van der Waals surface area contributed by atoms with Gasteiger partial charge in [0.2, 0.25) is 5.91 Å². The number of aryl methyl sites for hydroxylation is 1. The third kappa shape index (κ3) is 5.12. The molecule has 0 atom stereocenters. The SMILES string of the molecule is O=C(CCc1ccccc1)Nc1ccc(Nc2ccccc2Br)nn1. The number of nitrogens with zero attached hydrogens (tertiary/aromatic N) is 2. The van der Waals surface area contributed by atoms with E-state index in [4.69, 9.17) is 0 Å². The monoisotopic (exact) mass is 396 g/mol. The molecule has 6 heteroatoms. The summed E-state index contributed by atoms with van der Waals surface area (Å²) in [5.41, 5.74) is 2.04. The van der Waals surface area contributed by atoms with Crippen molar-refractivity contribution in [2.75, 3.05) is 10.6 Å². The largest absolute Gasteiger partial charge is 0.338 e. The molecule has 0 aliphatic rings. The normalized spacial score (nSPS) is 10.3. The number of halogens is 1. The van der Waals surface area contributed by atoms with Gasteiger partial charge in [-0.05, 0) is 52.2 Å². The fourth-order valence-corrected chi connectivity index (χ4v) is 2.66. The zero-order valence-electron chi connectivity index (χ0n) is 13.4. The van der Waals surface area contributed by atoms with Gasteiger partial charge in [0.15, 0.2) is 11.6 Å². The Hall–Kier alpha value is -2.73. The number of carbonyl (C=O) groups is 1. The van der Waals surface area contributed by atoms with Crippen LogP contribution in [0.25, 0.3) is 0 Å². The number of nitrogens with one attached hydrogen (secondary N) is 2. The maximum absolute atomic E-state index is 12.0. The highest BCUT2D eigenvalue weighted by Crippen LogP contribution is 2.24. The van der Waals surface area contributed by atoms with Crippen LogP contribution in [0.5, 0.6) is 0 Å². The number of rotatable bonds is 6. The number of hydrogen-bond donors (Lipinski definition) is 2. The Kier molecular flexibility index (Phi) is 5.74. The van der Waals surface area contributed by atoms with Gasteiger partial charge in [-0.1, -0.05) is 42.5 Å². The molecule has 2 aromatic carbocycles. The number of hydrogen-bond acceptors (Lipinski definition) is 4. The Morgan fingerprint density at radius 3 is 2.28 bits per heavy atom. The first-order chi connectivity index (χ1) is 12.2. The minimum Gasteiger partial charge on any atom is -0.338 e. The summed E-state index contributed by atoms with van der Waals surface area (Å²) in [6.07, 6.45) is 1.10. The molecule has 3 rings (SSSR count). The Labute approximate surface area is 154 Å². The van der Waals surface area contributed by atoms with E-state index in [9.17, 15) is 4.79 Å². The summed E-state index contributed by atoms with van der Waals surface area (Å²) < 4.78 is 0.940. The van der Waals surface area contributed by atoms with Crippen LogP contribution in [0.2, 0.25) is 0 Å². The first kappa shape index (κ1) is 17.1. The molecule has 0 fully saturated rings. The molecular weight excluding hydrogens is 380 g/mol. The number of benzene rings is 2. The first-order valence-corrected chi connectivity index (χ1v) is 8.69. The van der Waals surface area contributed by atoms with E-state index in [-0.39, 0.29) is 5.91 Å². The molecule has 1 heterocycles. The van der Waals surface area contributed by atoms with E-state index in [1.807, 2.05) is 54.6 Å². The maximum Gasteiger partial charge on any atom is 0.225 e. The molecule has 3 aromatic rings. The number of para-hydroxylation sites is 1. The first-order valence-electron chi connectivity index (χ1n) is 7.90. The van der Waals surface area contributed by atoms with Gasteiger partial charge in [-0.15, -0.1) is 10.2 Å². The highest BCUT2D eigenvalue weighted by molar-refractivity contribution is 9.10. The lowest BCUT2D eigenvalue weighted by atomic mass is 10.1. The smallest absolute Gasteiger partial charge is 0.225 e. The summed E-state index contributed by atoms with van der Waals surface area (Å²) in [6.45, 7) is 0. The molecule has 0 aliphatic carbocycles. The minimum atomic E-state index is -0.0790.